The predicted molar refractivity (Wildman–Crippen MR) is 66.7 cm³/mol. The SMILES string of the molecule is N#CC1(NS(=O)(=O)c2cccc(Br)c2)CCC1. The largest absolute Gasteiger partial charge is 0.241 e. The minimum Gasteiger partial charge on any atom is -0.207 e. The molecule has 1 aliphatic rings. The van der Waals surface area contributed by atoms with Gasteiger partial charge in [0.25, 0.3) is 0 Å². The summed E-state index contributed by atoms with van der Waals surface area (Å²) in [5.41, 5.74) is -0.902. The Morgan fingerprint density at radius 3 is 2.59 bits per heavy atom. The molecule has 0 spiro atoms. The van der Waals surface area contributed by atoms with Crippen LogP contribution in [0.4, 0.5) is 0 Å². The monoisotopic (exact) mass is 314 g/mol. The lowest BCUT2D eigenvalue weighted by Gasteiger charge is -2.35. The highest BCUT2D eigenvalue weighted by Crippen LogP contribution is 2.32. The lowest BCUT2D eigenvalue weighted by molar-refractivity contribution is 0.296. The molecule has 0 saturated heterocycles. The summed E-state index contributed by atoms with van der Waals surface area (Å²) in [7, 11) is -3.62. The van der Waals surface area contributed by atoms with Crippen molar-refractivity contribution in [2.75, 3.05) is 0 Å². The van der Waals surface area contributed by atoms with Gasteiger partial charge in [0.2, 0.25) is 10.0 Å². The van der Waals surface area contributed by atoms with Crippen molar-refractivity contribution in [3.8, 4) is 6.07 Å². The van der Waals surface area contributed by atoms with Crippen LogP contribution in [-0.4, -0.2) is 14.0 Å². The van der Waals surface area contributed by atoms with Crippen molar-refractivity contribution in [2.45, 2.75) is 29.7 Å². The summed E-state index contributed by atoms with van der Waals surface area (Å²) in [4.78, 5) is 0.174. The Bertz CT molecular complexity index is 573. The van der Waals surface area contributed by atoms with Crippen molar-refractivity contribution in [3.63, 3.8) is 0 Å². The third-order valence-electron chi connectivity index (χ3n) is 2.86. The number of hydrogen-bond acceptors (Lipinski definition) is 3. The summed E-state index contributed by atoms with van der Waals surface area (Å²) in [5, 5.41) is 9.02. The van der Waals surface area contributed by atoms with E-state index in [0.717, 1.165) is 6.42 Å². The van der Waals surface area contributed by atoms with Crippen LogP contribution in [-0.2, 0) is 10.0 Å². The van der Waals surface area contributed by atoms with Gasteiger partial charge in [0, 0.05) is 4.47 Å². The van der Waals surface area contributed by atoms with E-state index in [4.69, 9.17) is 5.26 Å². The maximum atomic E-state index is 12.1. The minimum atomic E-state index is -3.62. The summed E-state index contributed by atoms with van der Waals surface area (Å²) in [6, 6.07) is 8.49. The van der Waals surface area contributed by atoms with Crippen molar-refractivity contribution >= 4 is 26.0 Å². The van der Waals surface area contributed by atoms with Crippen LogP contribution in [0.15, 0.2) is 33.6 Å². The highest BCUT2D eigenvalue weighted by atomic mass is 79.9. The minimum absolute atomic E-state index is 0.174. The second-order valence-electron chi connectivity index (χ2n) is 4.11. The molecule has 0 heterocycles. The molecule has 1 aromatic rings. The Labute approximate surface area is 109 Å². The van der Waals surface area contributed by atoms with Gasteiger partial charge in [-0.2, -0.15) is 9.98 Å². The molecule has 6 heteroatoms. The van der Waals surface area contributed by atoms with E-state index in [-0.39, 0.29) is 4.90 Å². The Morgan fingerprint density at radius 1 is 1.41 bits per heavy atom. The summed E-state index contributed by atoms with van der Waals surface area (Å²) in [6.07, 6.45) is 2.04. The number of nitriles is 1. The maximum absolute atomic E-state index is 12.1. The molecule has 0 aliphatic heterocycles. The second-order valence-corrected chi connectivity index (χ2v) is 6.71. The van der Waals surface area contributed by atoms with Gasteiger partial charge in [-0.15, -0.1) is 0 Å². The molecule has 0 radical (unpaired) electrons. The number of hydrogen-bond donors (Lipinski definition) is 1. The van der Waals surface area contributed by atoms with Crippen LogP contribution in [0.3, 0.4) is 0 Å². The van der Waals surface area contributed by atoms with Crippen molar-refractivity contribution < 1.29 is 8.42 Å². The Hall–Kier alpha value is -0.900. The van der Waals surface area contributed by atoms with Gasteiger partial charge in [0.1, 0.15) is 5.54 Å². The molecule has 1 aliphatic carbocycles. The van der Waals surface area contributed by atoms with E-state index in [2.05, 4.69) is 26.7 Å². The van der Waals surface area contributed by atoms with Gasteiger partial charge >= 0.3 is 0 Å². The molecule has 2 rings (SSSR count). The number of rotatable bonds is 3. The first-order valence-corrected chi connectivity index (χ1v) is 7.46. The molecule has 0 atom stereocenters. The van der Waals surface area contributed by atoms with Crippen molar-refractivity contribution in [1.82, 2.24) is 4.72 Å². The first-order valence-electron chi connectivity index (χ1n) is 5.18. The van der Waals surface area contributed by atoms with E-state index >= 15 is 0 Å². The topological polar surface area (TPSA) is 70.0 Å². The summed E-state index contributed by atoms with van der Waals surface area (Å²) < 4.78 is 27.3. The van der Waals surface area contributed by atoms with E-state index < -0.39 is 15.6 Å². The van der Waals surface area contributed by atoms with Gasteiger partial charge < -0.3 is 0 Å². The summed E-state index contributed by atoms with van der Waals surface area (Å²) in [5.74, 6) is 0. The average molecular weight is 315 g/mol. The predicted octanol–water partition coefficient (Wildman–Crippen LogP) is 2.17. The number of nitrogens with one attached hydrogen (secondary N) is 1. The van der Waals surface area contributed by atoms with E-state index in [1.807, 2.05) is 0 Å². The zero-order chi connectivity index (χ0) is 12.5. The first kappa shape index (κ1) is 12.6. The third-order valence-corrected chi connectivity index (χ3v) is 4.88. The lowest BCUT2D eigenvalue weighted by Crippen LogP contribution is -2.52. The van der Waals surface area contributed by atoms with Gasteiger partial charge in [0.15, 0.2) is 0 Å². The van der Waals surface area contributed by atoms with Gasteiger partial charge in [-0.3, -0.25) is 0 Å². The molecular weight excluding hydrogens is 304 g/mol. The van der Waals surface area contributed by atoms with Crippen LogP contribution < -0.4 is 4.72 Å². The van der Waals surface area contributed by atoms with Crippen LogP contribution in [0.2, 0.25) is 0 Å². The molecule has 0 bridgehead atoms. The average Bonchev–Trinajstić information content (AvgIpc) is 2.24. The smallest absolute Gasteiger partial charge is 0.207 e. The number of benzene rings is 1. The molecule has 1 saturated carbocycles. The van der Waals surface area contributed by atoms with Crippen molar-refractivity contribution in [3.05, 3.63) is 28.7 Å². The first-order chi connectivity index (χ1) is 7.97. The Balaban J connectivity index is 2.29. The number of sulfonamides is 1. The van der Waals surface area contributed by atoms with Crippen LogP contribution in [0.1, 0.15) is 19.3 Å². The number of nitrogens with zero attached hydrogens (tertiary/aromatic N) is 1. The zero-order valence-corrected chi connectivity index (χ0v) is 11.4. The molecule has 1 fully saturated rings. The van der Waals surface area contributed by atoms with Gasteiger partial charge in [-0.05, 0) is 37.5 Å². The third kappa shape index (κ3) is 2.51. The fourth-order valence-corrected chi connectivity index (χ4v) is 3.69. The fourth-order valence-electron chi connectivity index (χ4n) is 1.72. The second kappa shape index (κ2) is 4.41. The van der Waals surface area contributed by atoms with Crippen LogP contribution in [0.5, 0.6) is 0 Å². The molecule has 0 unspecified atom stereocenters. The number of halogens is 1. The highest BCUT2D eigenvalue weighted by molar-refractivity contribution is 9.10. The quantitative estimate of drug-likeness (QED) is 0.929. The van der Waals surface area contributed by atoms with E-state index in [1.54, 1.807) is 12.1 Å². The van der Waals surface area contributed by atoms with Gasteiger partial charge in [-0.1, -0.05) is 22.0 Å². The zero-order valence-electron chi connectivity index (χ0n) is 8.98. The van der Waals surface area contributed by atoms with Crippen LogP contribution in [0, 0.1) is 11.3 Å². The van der Waals surface area contributed by atoms with Gasteiger partial charge in [0.05, 0.1) is 11.0 Å². The molecule has 4 nitrogen and oxygen atoms in total. The molecule has 17 heavy (non-hydrogen) atoms. The molecule has 0 aromatic heterocycles. The van der Waals surface area contributed by atoms with E-state index in [1.165, 1.54) is 12.1 Å². The lowest BCUT2D eigenvalue weighted by atomic mass is 9.79. The molecule has 1 aromatic carbocycles. The fraction of sp³-hybridized carbons (Fsp3) is 0.364. The van der Waals surface area contributed by atoms with Crippen LogP contribution in [0.25, 0.3) is 0 Å². The Kier molecular flexibility index (Phi) is 3.25. The molecule has 1 N–H and O–H groups in total. The standard InChI is InChI=1S/C11H11BrN2O2S/c12-9-3-1-4-10(7-9)17(15,16)14-11(8-13)5-2-6-11/h1,3-4,7,14H,2,5-6H2. The molecule has 0 amide bonds. The van der Waals surface area contributed by atoms with Crippen molar-refractivity contribution in [2.24, 2.45) is 0 Å². The van der Waals surface area contributed by atoms with Gasteiger partial charge in [-0.25, -0.2) is 8.42 Å². The molecular formula is C11H11BrN2O2S. The highest BCUT2D eigenvalue weighted by Gasteiger charge is 2.41. The molecule has 90 valence electrons. The van der Waals surface area contributed by atoms with E-state index in [0.29, 0.717) is 17.3 Å². The maximum Gasteiger partial charge on any atom is 0.241 e. The van der Waals surface area contributed by atoms with Crippen molar-refractivity contribution in [1.29, 1.82) is 5.26 Å². The Morgan fingerprint density at radius 2 is 2.12 bits per heavy atom. The van der Waals surface area contributed by atoms with E-state index in [9.17, 15) is 8.42 Å². The summed E-state index contributed by atoms with van der Waals surface area (Å²) >= 11 is 3.23. The normalized spacial score (nSPS) is 18.1. The van der Waals surface area contributed by atoms with Crippen LogP contribution >= 0.6 is 15.9 Å². The summed E-state index contributed by atoms with van der Waals surface area (Å²) in [6.45, 7) is 0.